The summed E-state index contributed by atoms with van der Waals surface area (Å²) in [5.74, 6) is 0.978. The van der Waals surface area contributed by atoms with Crippen LogP contribution < -0.4 is 5.32 Å². The van der Waals surface area contributed by atoms with Crippen molar-refractivity contribution in [3.63, 3.8) is 0 Å². The third kappa shape index (κ3) is 3.82. The van der Waals surface area contributed by atoms with E-state index in [-0.39, 0.29) is 17.9 Å². The quantitative estimate of drug-likeness (QED) is 0.787. The van der Waals surface area contributed by atoms with E-state index in [0.717, 1.165) is 64.0 Å². The zero-order chi connectivity index (χ0) is 19.6. The van der Waals surface area contributed by atoms with Crippen LogP contribution in [0, 0.1) is 11.8 Å². The van der Waals surface area contributed by atoms with E-state index in [1.54, 1.807) is 0 Å². The average molecular weight is 384 g/mol. The molecule has 2 saturated heterocycles. The van der Waals surface area contributed by atoms with Crippen molar-refractivity contribution >= 4 is 11.9 Å². The van der Waals surface area contributed by atoms with Crippen molar-refractivity contribution in [3.8, 4) is 0 Å². The number of nitrogens with zero attached hydrogens (tertiary/aromatic N) is 2. The number of amides is 3. The molecule has 0 radical (unpaired) electrons. The molecule has 1 aromatic rings. The monoisotopic (exact) mass is 383 g/mol. The summed E-state index contributed by atoms with van der Waals surface area (Å²) < 4.78 is 0. The van der Waals surface area contributed by atoms with E-state index >= 15 is 0 Å². The molecule has 1 N–H and O–H groups in total. The van der Waals surface area contributed by atoms with Crippen molar-refractivity contribution in [3.05, 3.63) is 35.9 Å². The van der Waals surface area contributed by atoms with E-state index in [9.17, 15) is 9.59 Å². The smallest absolute Gasteiger partial charge is 0.323 e. The van der Waals surface area contributed by atoms with E-state index in [4.69, 9.17) is 0 Å². The van der Waals surface area contributed by atoms with Gasteiger partial charge in [-0.15, -0.1) is 0 Å². The van der Waals surface area contributed by atoms with E-state index in [0.29, 0.717) is 6.67 Å². The summed E-state index contributed by atoms with van der Waals surface area (Å²) in [6, 6.07) is 10.5. The fourth-order valence-electron chi connectivity index (χ4n) is 5.26. The molecule has 3 amide bonds. The highest BCUT2D eigenvalue weighted by atomic mass is 16.2. The molecule has 2 aliphatic heterocycles. The van der Waals surface area contributed by atoms with Crippen molar-refractivity contribution < 1.29 is 9.59 Å². The van der Waals surface area contributed by atoms with Crippen LogP contribution in [-0.2, 0) is 11.2 Å². The van der Waals surface area contributed by atoms with E-state index in [1.165, 1.54) is 16.9 Å². The number of nitrogens with one attached hydrogen (secondary N) is 1. The summed E-state index contributed by atoms with van der Waals surface area (Å²) in [5, 5.41) is 3.07. The first-order valence-electron chi connectivity index (χ1n) is 11.0. The number of aryl methyl sites for hydroxylation is 1. The highest BCUT2D eigenvalue weighted by Gasteiger charge is 2.55. The fourth-order valence-corrected chi connectivity index (χ4v) is 5.26. The highest BCUT2D eigenvalue weighted by Crippen LogP contribution is 2.38. The number of imide groups is 1. The Hall–Kier alpha value is -1.88. The van der Waals surface area contributed by atoms with Crippen LogP contribution in [0.15, 0.2) is 30.3 Å². The zero-order valence-corrected chi connectivity index (χ0v) is 17.0. The lowest BCUT2D eigenvalue weighted by Gasteiger charge is -2.37. The molecule has 0 unspecified atom stereocenters. The number of hydrogen-bond acceptors (Lipinski definition) is 3. The molecule has 0 bridgehead atoms. The van der Waals surface area contributed by atoms with Crippen LogP contribution in [0.25, 0.3) is 0 Å². The molecule has 4 rings (SSSR count). The second-order valence-corrected chi connectivity index (χ2v) is 9.01. The molecule has 2 atom stereocenters. The first-order chi connectivity index (χ1) is 13.6. The van der Waals surface area contributed by atoms with Gasteiger partial charge in [0, 0.05) is 13.1 Å². The minimum Gasteiger partial charge on any atom is -0.323 e. The predicted molar refractivity (Wildman–Crippen MR) is 110 cm³/mol. The Bertz CT molecular complexity index is 699. The Morgan fingerprint density at radius 1 is 1.07 bits per heavy atom. The number of piperidine rings is 1. The van der Waals surface area contributed by atoms with Crippen LogP contribution in [0.3, 0.4) is 0 Å². The van der Waals surface area contributed by atoms with Crippen LogP contribution in [0.1, 0.15) is 57.4 Å². The maximum absolute atomic E-state index is 13.1. The lowest BCUT2D eigenvalue weighted by Crippen LogP contribution is -2.54. The number of rotatable bonds is 5. The van der Waals surface area contributed by atoms with Crippen molar-refractivity contribution in [2.45, 2.75) is 63.8 Å². The summed E-state index contributed by atoms with van der Waals surface area (Å²) in [6.45, 7) is 4.50. The molecule has 5 nitrogen and oxygen atoms in total. The van der Waals surface area contributed by atoms with Gasteiger partial charge in [-0.05, 0) is 55.9 Å². The van der Waals surface area contributed by atoms with E-state index < -0.39 is 5.54 Å². The number of urea groups is 1. The van der Waals surface area contributed by atoms with Gasteiger partial charge < -0.3 is 5.32 Å². The lowest BCUT2D eigenvalue weighted by atomic mass is 9.73. The van der Waals surface area contributed by atoms with Gasteiger partial charge in [-0.25, -0.2) is 9.69 Å². The molecule has 2 heterocycles. The molecule has 28 heavy (non-hydrogen) atoms. The van der Waals surface area contributed by atoms with Crippen LogP contribution in [-0.4, -0.2) is 47.0 Å². The SMILES string of the molecule is C[C@H]1CCCC[C@@]12NC(=O)N(CN1CCC(CCc3ccccc3)CC1)C2=O. The summed E-state index contributed by atoms with van der Waals surface area (Å²) in [6.07, 6.45) is 8.65. The number of benzene rings is 1. The minimum absolute atomic E-state index is 0.0101. The van der Waals surface area contributed by atoms with E-state index in [1.807, 2.05) is 0 Å². The van der Waals surface area contributed by atoms with Gasteiger partial charge in [-0.2, -0.15) is 0 Å². The van der Waals surface area contributed by atoms with Gasteiger partial charge >= 0.3 is 6.03 Å². The maximum atomic E-state index is 13.1. The Morgan fingerprint density at radius 2 is 1.82 bits per heavy atom. The Morgan fingerprint density at radius 3 is 2.54 bits per heavy atom. The van der Waals surface area contributed by atoms with Crippen molar-refractivity contribution in [1.82, 2.24) is 15.1 Å². The highest BCUT2D eigenvalue weighted by molar-refractivity contribution is 6.07. The standard InChI is InChI=1S/C23H33N3O2/c1-18-7-5-6-14-23(18)21(27)26(22(28)24-23)17-25-15-12-20(13-16-25)11-10-19-8-3-2-4-9-19/h2-4,8-9,18,20H,5-7,10-17H2,1H3,(H,24,28)/t18-,23+/m0/s1. The van der Waals surface area contributed by atoms with Crippen LogP contribution in [0.2, 0.25) is 0 Å². The van der Waals surface area contributed by atoms with Crippen molar-refractivity contribution in [1.29, 1.82) is 0 Å². The molecular formula is C23H33N3O2. The molecule has 3 aliphatic rings. The number of hydrogen-bond donors (Lipinski definition) is 1. The normalized spacial score (nSPS) is 29.5. The fraction of sp³-hybridized carbons (Fsp3) is 0.652. The van der Waals surface area contributed by atoms with Crippen LogP contribution in [0.5, 0.6) is 0 Å². The van der Waals surface area contributed by atoms with Crippen LogP contribution in [0.4, 0.5) is 4.79 Å². The topological polar surface area (TPSA) is 52.7 Å². The summed E-state index contributed by atoms with van der Waals surface area (Å²) in [5.41, 5.74) is 0.778. The third-order valence-corrected chi connectivity index (χ3v) is 7.23. The second-order valence-electron chi connectivity index (χ2n) is 9.01. The lowest BCUT2D eigenvalue weighted by molar-refractivity contribution is -0.135. The molecular weight excluding hydrogens is 350 g/mol. The summed E-state index contributed by atoms with van der Waals surface area (Å²) >= 11 is 0. The number of carbonyl (C=O) groups is 2. The van der Waals surface area contributed by atoms with Gasteiger partial charge in [-0.3, -0.25) is 9.69 Å². The molecule has 0 aromatic heterocycles. The van der Waals surface area contributed by atoms with Gasteiger partial charge in [0.1, 0.15) is 5.54 Å². The molecule has 1 saturated carbocycles. The number of carbonyl (C=O) groups excluding carboxylic acids is 2. The van der Waals surface area contributed by atoms with Gasteiger partial charge in [0.05, 0.1) is 6.67 Å². The molecule has 3 fully saturated rings. The second kappa shape index (κ2) is 8.24. The van der Waals surface area contributed by atoms with Gasteiger partial charge in [0.25, 0.3) is 5.91 Å². The Balaban J connectivity index is 1.28. The van der Waals surface area contributed by atoms with Crippen molar-refractivity contribution in [2.24, 2.45) is 11.8 Å². The molecule has 1 aliphatic carbocycles. The average Bonchev–Trinajstić information content (AvgIpc) is 2.95. The molecule has 1 aromatic carbocycles. The number of likely N-dealkylation sites (tertiary alicyclic amines) is 1. The molecule has 1 spiro atoms. The van der Waals surface area contributed by atoms with Gasteiger partial charge in [0.2, 0.25) is 0 Å². The maximum Gasteiger partial charge on any atom is 0.326 e. The minimum atomic E-state index is -0.636. The summed E-state index contributed by atoms with van der Waals surface area (Å²) in [4.78, 5) is 29.4. The zero-order valence-electron chi connectivity index (χ0n) is 17.0. The van der Waals surface area contributed by atoms with Crippen LogP contribution >= 0.6 is 0 Å². The largest absolute Gasteiger partial charge is 0.326 e. The van der Waals surface area contributed by atoms with Gasteiger partial charge in [0.15, 0.2) is 0 Å². The van der Waals surface area contributed by atoms with Gasteiger partial charge in [-0.1, -0.05) is 50.1 Å². The first-order valence-corrected chi connectivity index (χ1v) is 11.0. The first kappa shape index (κ1) is 19.4. The molecule has 5 heteroatoms. The Labute approximate surface area is 168 Å². The summed E-state index contributed by atoms with van der Waals surface area (Å²) in [7, 11) is 0. The predicted octanol–water partition coefficient (Wildman–Crippen LogP) is 3.79. The Kier molecular flexibility index (Phi) is 5.72. The van der Waals surface area contributed by atoms with E-state index in [2.05, 4.69) is 47.5 Å². The third-order valence-electron chi connectivity index (χ3n) is 7.23. The van der Waals surface area contributed by atoms with Crippen molar-refractivity contribution in [2.75, 3.05) is 19.8 Å². The molecule has 152 valence electrons.